The third-order valence-corrected chi connectivity index (χ3v) is 5.54. The lowest BCUT2D eigenvalue weighted by atomic mass is 10.3. The van der Waals surface area contributed by atoms with Gasteiger partial charge in [-0.05, 0) is 50.6 Å². The summed E-state index contributed by atoms with van der Waals surface area (Å²) in [5.74, 6) is 0. The number of benzene rings is 1. The lowest BCUT2D eigenvalue weighted by molar-refractivity contribution is 0.581. The fraction of sp³-hybridized carbons (Fsp3) is 0.571. The summed E-state index contributed by atoms with van der Waals surface area (Å²) in [4.78, 5) is 2.64. The number of nitrogens with zero attached hydrogens (tertiary/aromatic N) is 1. The van der Waals surface area contributed by atoms with Crippen molar-refractivity contribution in [1.82, 2.24) is 10.0 Å². The van der Waals surface area contributed by atoms with Crippen molar-refractivity contribution in [3.05, 3.63) is 24.3 Å². The molecular formula is C14H21N3O2S. The second-order valence-corrected chi connectivity index (χ2v) is 7.32. The largest absolute Gasteiger partial charge is 0.370 e. The molecule has 5 nitrogen and oxygen atoms in total. The molecule has 1 saturated heterocycles. The maximum absolute atomic E-state index is 12.1. The van der Waals surface area contributed by atoms with Crippen LogP contribution in [0.4, 0.5) is 5.69 Å². The van der Waals surface area contributed by atoms with Gasteiger partial charge in [-0.15, -0.1) is 0 Å². The van der Waals surface area contributed by atoms with E-state index in [0.29, 0.717) is 10.9 Å². The van der Waals surface area contributed by atoms with Crippen LogP contribution < -0.4 is 14.9 Å². The summed E-state index contributed by atoms with van der Waals surface area (Å²) in [7, 11) is -1.35. The molecule has 1 aromatic rings. The van der Waals surface area contributed by atoms with Gasteiger partial charge in [0.25, 0.3) is 0 Å². The molecule has 1 saturated carbocycles. The van der Waals surface area contributed by atoms with Crippen LogP contribution in [0.1, 0.15) is 19.3 Å². The molecule has 0 spiro atoms. The minimum atomic E-state index is -3.33. The van der Waals surface area contributed by atoms with E-state index in [-0.39, 0.29) is 6.04 Å². The van der Waals surface area contributed by atoms with Crippen molar-refractivity contribution in [2.45, 2.75) is 36.2 Å². The Morgan fingerprint density at radius 1 is 1.10 bits per heavy atom. The summed E-state index contributed by atoms with van der Waals surface area (Å²) in [6.45, 7) is 1.99. The molecule has 1 aliphatic carbocycles. The zero-order valence-corrected chi connectivity index (χ0v) is 12.5. The fourth-order valence-electron chi connectivity index (χ4n) is 2.56. The smallest absolute Gasteiger partial charge is 0.240 e. The molecule has 1 atom stereocenters. The van der Waals surface area contributed by atoms with E-state index in [9.17, 15) is 8.42 Å². The zero-order chi connectivity index (χ0) is 14.2. The Balaban J connectivity index is 1.71. The van der Waals surface area contributed by atoms with E-state index >= 15 is 0 Å². The maximum atomic E-state index is 12.1. The van der Waals surface area contributed by atoms with Gasteiger partial charge >= 0.3 is 0 Å². The van der Waals surface area contributed by atoms with E-state index in [4.69, 9.17) is 0 Å². The highest BCUT2D eigenvalue weighted by molar-refractivity contribution is 7.89. The molecule has 20 heavy (non-hydrogen) atoms. The molecule has 2 N–H and O–H groups in total. The highest BCUT2D eigenvalue weighted by Gasteiger charge is 2.28. The molecule has 1 unspecified atom stereocenters. The van der Waals surface area contributed by atoms with Gasteiger partial charge in [-0.1, -0.05) is 0 Å². The zero-order valence-electron chi connectivity index (χ0n) is 11.7. The summed E-state index contributed by atoms with van der Waals surface area (Å²) >= 11 is 0. The Hall–Kier alpha value is -1.11. The first kappa shape index (κ1) is 13.9. The summed E-state index contributed by atoms with van der Waals surface area (Å²) in [6.07, 6.45) is 3.03. The molecule has 0 amide bonds. The van der Waals surface area contributed by atoms with Crippen LogP contribution in [-0.2, 0) is 10.0 Å². The Kier molecular flexibility index (Phi) is 3.70. The predicted octanol–water partition coefficient (Wildman–Crippen LogP) is 0.925. The number of rotatable bonds is 5. The van der Waals surface area contributed by atoms with Gasteiger partial charge in [-0.3, -0.25) is 0 Å². The van der Waals surface area contributed by atoms with Crippen LogP contribution in [0.25, 0.3) is 0 Å². The van der Waals surface area contributed by atoms with E-state index in [1.807, 2.05) is 19.2 Å². The van der Waals surface area contributed by atoms with Crippen molar-refractivity contribution < 1.29 is 8.42 Å². The summed E-state index contributed by atoms with van der Waals surface area (Å²) in [5.41, 5.74) is 1.09. The molecule has 2 fully saturated rings. The normalized spacial score (nSPS) is 23.2. The topological polar surface area (TPSA) is 61.4 Å². The predicted molar refractivity (Wildman–Crippen MR) is 79.5 cm³/mol. The molecule has 110 valence electrons. The number of anilines is 1. The first-order valence-electron chi connectivity index (χ1n) is 7.13. The second kappa shape index (κ2) is 5.35. The Labute approximate surface area is 120 Å². The molecule has 0 aromatic heterocycles. The van der Waals surface area contributed by atoms with E-state index < -0.39 is 10.0 Å². The Morgan fingerprint density at radius 2 is 1.80 bits per heavy atom. The van der Waals surface area contributed by atoms with Gasteiger partial charge in [0.15, 0.2) is 0 Å². The number of hydrogen-bond donors (Lipinski definition) is 2. The van der Waals surface area contributed by atoms with Crippen molar-refractivity contribution in [1.29, 1.82) is 0 Å². The van der Waals surface area contributed by atoms with Gasteiger partial charge in [-0.25, -0.2) is 13.1 Å². The fourth-order valence-corrected chi connectivity index (χ4v) is 3.86. The van der Waals surface area contributed by atoms with E-state index in [1.165, 1.54) is 0 Å². The van der Waals surface area contributed by atoms with Crippen LogP contribution in [-0.4, -0.2) is 40.6 Å². The molecule has 1 aromatic carbocycles. The highest BCUT2D eigenvalue weighted by Crippen LogP contribution is 2.25. The van der Waals surface area contributed by atoms with Gasteiger partial charge in [0, 0.05) is 30.9 Å². The van der Waals surface area contributed by atoms with Gasteiger partial charge < -0.3 is 10.2 Å². The molecule has 0 bridgehead atoms. The summed E-state index contributed by atoms with van der Waals surface area (Å²) in [5, 5.41) is 3.28. The molecule has 6 heteroatoms. The second-order valence-electron chi connectivity index (χ2n) is 5.61. The van der Waals surface area contributed by atoms with Crippen LogP contribution in [0.5, 0.6) is 0 Å². The maximum Gasteiger partial charge on any atom is 0.240 e. The number of hydrogen-bond acceptors (Lipinski definition) is 4. The summed E-state index contributed by atoms with van der Waals surface area (Å²) < 4.78 is 26.9. The quantitative estimate of drug-likeness (QED) is 0.848. The van der Waals surface area contributed by atoms with Crippen LogP contribution in [0.15, 0.2) is 29.2 Å². The molecule has 0 radical (unpaired) electrons. The third kappa shape index (κ3) is 2.97. The lowest BCUT2D eigenvalue weighted by Crippen LogP contribution is -2.29. The van der Waals surface area contributed by atoms with Gasteiger partial charge in [0.1, 0.15) is 0 Å². The minimum Gasteiger partial charge on any atom is -0.370 e. The van der Waals surface area contributed by atoms with Crippen molar-refractivity contribution in [3.63, 3.8) is 0 Å². The molecule has 1 heterocycles. The Morgan fingerprint density at radius 3 is 2.35 bits per heavy atom. The van der Waals surface area contributed by atoms with E-state index in [0.717, 1.165) is 38.0 Å². The van der Waals surface area contributed by atoms with E-state index in [2.05, 4.69) is 14.9 Å². The monoisotopic (exact) mass is 295 g/mol. The van der Waals surface area contributed by atoms with Gasteiger partial charge in [-0.2, -0.15) is 0 Å². The van der Waals surface area contributed by atoms with Crippen LogP contribution in [0.3, 0.4) is 0 Å². The highest BCUT2D eigenvalue weighted by atomic mass is 32.2. The lowest BCUT2D eigenvalue weighted by Gasteiger charge is -2.19. The molecule has 3 rings (SSSR count). The van der Waals surface area contributed by atoms with Gasteiger partial charge in [0.2, 0.25) is 10.0 Å². The average Bonchev–Trinajstić information content (AvgIpc) is 3.11. The van der Waals surface area contributed by atoms with Crippen molar-refractivity contribution in [2.24, 2.45) is 0 Å². The standard InChI is InChI=1S/C14H21N3O2S/c1-15-12-8-9-17(10-12)13-4-6-14(7-5-13)20(18,19)16-11-2-3-11/h4-7,11-12,15-16H,2-3,8-10H2,1H3. The third-order valence-electron chi connectivity index (χ3n) is 4.01. The van der Waals surface area contributed by atoms with E-state index in [1.54, 1.807) is 12.1 Å². The summed E-state index contributed by atoms with van der Waals surface area (Å²) in [6, 6.07) is 7.88. The first-order chi connectivity index (χ1) is 9.58. The number of likely N-dealkylation sites (N-methyl/N-ethyl adjacent to an activating group) is 1. The molecular weight excluding hydrogens is 274 g/mol. The van der Waals surface area contributed by atoms with Crippen molar-refractivity contribution in [3.8, 4) is 0 Å². The van der Waals surface area contributed by atoms with Crippen molar-refractivity contribution in [2.75, 3.05) is 25.0 Å². The first-order valence-corrected chi connectivity index (χ1v) is 8.61. The van der Waals surface area contributed by atoms with Crippen LogP contribution in [0, 0.1) is 0 Å². The number of nitrogens with one attached hydrogen (secondary N) is 2. The van der Waals surface area contributed by atoms with Crippen LogP contribution in [0.2, 0.25) is 0 Å². The molecule has 2 aliphatic rings. The van der Waals surface area contributed by atoms with Gasteiger partial charge in [0.05, 0.1) is 4.90 Å². The van der Waals surface area contributed by atoms with Crippen molar-refractivity contribution >= 4 is 15.7 Å². The number of sulfonamides is 1. The minimum absolute atomic E-state index is 0.148. The molecule has 1 aliphatic heterocycles. The average molecular weight is 295 g/mol. The van der Waals surface area contributed by atoms with Crippen LogP contribution >= 0.6 is 0 Å². The Bertz CT molecular complexity index is 567. The SMILES string of the molecule is CNC1CCN(c2ccc(S(=O)(=O)NC3CC3)cc2)C1.